The van der Waals surface area contributed by atoms with Gasteiger partial charge in [-0.3, -0.25) is 4.98 Å². The first-order valence-electron chi connectivity index (χ1n) is 5.03. The molecule has 5 heteroatoms. The number of hydrogen-bond acceptors (Lipinski definition) is 4. The fourth-order valence-corrected chi connectivity index (χ4v) is 0.793. The van der Waals surface area contributed by atoms with Crippen LogP contribution in [0.5, 0.6) is 0 Å². The fraction of sp³-hybridized carbons (Fsp3) is 0.455. The number of nitrogens with two attached hydrogens (primary N) is 1. The van der Waals surface area contributed by atoms with Crippen molar-refractivity contribution in [1.82, 2.24) is 4.98 Å². The second-order valence-electron chi connectivity index (χ2n) is 3.26. The molecular formula is C11H18N2O3. The average molecular weight is 226 g/mol. The van der Waals surface area contributed by atoms with Crippen LogP contribution < -0.4 is 5.73 Å². The largest absolute Gasteiger partial charge is 0.478 e. The van der Waals surface area contributed by atoms with E-state index in [2.05, 4.69) is 4.98 Å². The van der Waals surface area contributed by atoms with Crippen molar-refractivity contribution >= 4 is 5.97 Å². The SMILES string of the molecule is CC(C)OCCN.O=C(O)c1cccnc1. The molecule has 3 N–H and O–H groups in total. The molecule has 0 aromatic carbocycles. The quantitative estimate of drug-likeness (QED) is 0.804. The normalized spacial score (nSPS) is 9.50. The maximum atomic E-state index is 10.2. The van der Waals surface area contributed by atoms with Gasteiger partial charge in [0.15, 0.2) is 0 Å². The summed E-state index contributed by atoms with van der Waals surface area (Å²) in [5, 5.41) is 8.34. The third-order valence-electron chi connectivity index (χ3n) is 1.48. The van der Waals surface area contributed by atoms with Crippen molar-refractivity contribution in [1.29, 1.82) is 0 Å². The van der Waals surface area contributed by atoms with Gasteiger partial charge in [-0.1, -0.05) is 0 Å². The van der Waals surface area contributed by atoms with Crippen LogP contribution in [0.3, 0.4) is 0 Å². The molecule has 0 amide bonds. The van der Waals surface area contributed by atoms with E-state index >= 15 is 0 Å². The van der Waals surface area contributed by atoms with Gasteiger partial charge in [0.25, 0.3) is 0 Å². The Bertz CT molecular complexity index is 289. The molecule has 0 bridgehead atoms. The van der Waals surface area contributed by atoms with Crippen molar-refractivity contribution in [3.8, 4) is 0 Å². The van der Waals surface area contributed by atoms with Crippen LogP contribution in [0.4, 0.5) is 0 Å². The summed E-state index contributed by atoms with van der Waals surface area (Å²) in [4.78, 5) is 13.8. The number of carboxylic acid groups (broad SMARTS) is 1. The van der Waals surface area contributed by atoms with E-state index in [-0.39, 0.29) is 5.56 Å². The van der Waals surface area contributed by atoms with Crippen LogP contribution >= 0.6 is 0 Å². The van der Waals surface area contributed by atoms with Crippen LogP contribution in [0.2, 0.25) is 0 Å². The average Bonchev–Trinajstić information content (AvgIpc) is 2.28. The van der Waals surface area contributed by atoms with Crippen molar-refractivity contribution in [3.05, 3.63) is 30.1 Å². The van der Waals surface area contributed by atoms with Crippen molar-refractivity contribution in [2.24, 2.45) is 5.73 Å². The van der Waals surface area contributed by atoms with Crippen LogP contribution in [0.15, 0.2) is 24.5 Å². The number of carboxylic acids is 1. The smallest absolute Gasteiger partial charge is 0.337 e. The summed E-state index contributed by atoms with van der Waals surface area (Å²) in [6, 6.07) is 3.08. The number of carbonyl (C=O) groups is 1. The molecule has 0 aliphatic carbocycles. The molecule has 0 aliphatic heterocycles. The molecule has 0 saturated heterocycles. The number of pyridine rings is 1. The van der Waals surface area contributed by atoms with Gasteiger partial charge in [-0.15, -0.1) is 0 Å². The lowest BCUT2D eigenvalue weighted by Gasteiger charge is -2.03. The number of rotatable bonds is 4. The van der Waals surface area contributed by atoms with E-state index < -0.39 is 5.97 Å². The number of ether oxygens (including phenoxy) is 1. The minimum atomic E-state index is -0.942. The van der Waals surface area contributed by atoms with Gasteiger partial charge in [-0.25, -0.2) is 4.79 Å². The Morgan fingerprint density at radius 3 is 2.56 bits per heavy atom. The molecule has 0 atom stereocenters. The summed E-state index contributed by atoms with van der Waals surface area (Å²) in [6.07, 6.45) is 3.16. The zero-order chi connectivity index (χ0) is 12.4. The Morgan fingerprint density at radius 1 is 1.62 bits per heavy atom. The van der Waals surface area contributed by atoms with Gasteiger partial charge in [0, 0.05) is 18.9 Å². The summed E-state index contributed by atoms with van der Waals surface area (Å²) >= 11 is 0. The standard InChI is InChI=1S/C6H5NO2.C5H13NO/c8-6(9)5-2-1-3-7-4-5;1-5(2)7-4-3-6/h1-4H,(H,8,9);5H,3-4,6H2,1-2H3. The maximum Gasteiger partial charge on any atom is 0.337 e. The molecule has 1 heterocycles. The zero-order valence-electron chi connectivity index (χ0n) is 9.59. The highest BCUT2D eigenvalue weighted by Crippen LogP contribution is 1.92. The van der Waals surface area contributed by atoms with Gasteiger partial charge >= 0.3 is 5.97 Å². The van der Waals surface area contributed by atoms with E-state index in [9.17, 15) is 4.79 Å². The maximum absolute atomic E-state index is 10.2. The lowest BCUT2D eigenvalue weighted by Crippen LogP contribution is -2.12. The Balaban J connectivity index is 0.000000293. The second-order valence-corrected chi connectivity index (χ2v) is 3.26. The third kappa shape index (κ3) is 7.90. The third-order valence-corrected chi connectivity index (χ3v) is 1.48. The van der Waals surface area contributed by atoms with Crippen LogP contribution in [-0.2, 0) is 4.74 Å². The molecule has 0 fully saturated rings. The highest BCUT2D eigenvalue weighted by molar-refractivity contribution is 5.86. The van der Waals surface area contributed by atoms with Gasteiger partial charge in [-0.2, -0.15) is 0 Å². The topological polar surface area (TPSA) is 85.4 Å². The minimum absolute atomic E-state index is 0.220. The van der Waals surface area contributed by atoms with Crippen molar-refractivity contribution < 1.29 is 14.6 Å². The summed E-state index contributed by atoms with van der Waals surface area (Å²) in [7, 11) is 0. The van der Waals surface area contributed by atoms with Crippen LogP contribution in [0, 0.1) is 0 Å². The van der Waals surface area contributed by atoms with Gasteiger partial charge in [0.05, 0.1) is 18.3 Å². The number of aromatic nitrogens is 1. The minimum Gasteiger partial charge on any atom is -0.478 e. The fourth-order valence-electron chi connectivity index (χ4n) is 0.793. The zero-order valence-corrected chi connectivity index (χ0v) is 9.59. The lowest BCUT2D eigenvalue weighted by atomic mass is 10.3. The van der Waals surface area contributed by atoms with Crippen molar-refractivity contribution in [2.75, 3.05) is 13.2 Å². The second kappa shape index (κ2) is 8.82. The van der Waals surface area contributed by atoms with E-state index in [0.29, 0.717) is 19.3 Å². The predicted molar refractivity (Wildman–Crippen MR) is 61.3 cm³/mol. The molecule has 1 rings (SSSR count). The first-order chi connectivity index (χ1) is 7.57. The molecule has 0 saturated carbocycles. The van der Waals surface area contributed by atoms with Crippen molar-refractivity contribution in [2.45, 2.75) is 20.0 Å². The summed E-state index contributed by atoms with van der Waals surface area (Å²) < 4.78 is 5.07. The molecular weight excluding hydrogens is 208 g/mol. The molecule has 90 valence electrons. The Morgan fingerprint density at radius 2 is 2.31 bits per heavy atom. The Labute approximate surface area is 95.3 Å². The molecule has 0 spiro atoms. The highest BCUT2D eigenvalue weighted by atomic mass is 16.5. The number of hydrogen-bond donors (Lipinski definition) is 2. The number of nitrogens with zero attached hydrogens (tertiary/aromatic N) is 1. The Kier molecular flexibility index (Phi) is 8.01. The van der Waals surface area contributed by atoms with Gasteiger partial charge in [0.1, 0.15) is 0 Å². The van der Waals surface area contributed by atoms with E-state index in [1.807, 2.05) is 13.8 Å². The molecule has 5 nitrogen and oxygen atoms in total. The van der Waals surface area contributed by atoms with E-state index in [1.54, 1.807) is 6.07 Å². The van der Waals surface area contributed by atoms with Gasteiger partial charge in [-0.05, 0) is 26.0 Å². The molecule has 0 radical (unpaired) electrons. The van der Waals surface area contributed by atoms with Crippen molar-refractivity contribution in [3.63, 3.8) is 0 Å². The summed E-state index contributed by atoms with van der Waals surface area (Å²) in [5.41, 5.74) is 5.37. The van der Waals surface area contributed by atoms with E-state index in [4.69, 9.17) is 15.6 Å². The number of aromatic carboxylic acids is 1. The van der Waals surface area contributed by atoms with E-state index in [0.717, 1.165) is 0 Å². The summed E-state index contributed by atoms with van der Waals surface area (Å²) in [5.74, 6) is -0.942. The monoisotopic (exact) mass is 226 g/mol. The molecule has 0 unspecified atom stereocenters. The molecule has 0 aliphatic rings. The van der Waals surface area contributed by atoms with Gasteiger partial charge < -0.3 is 15.6 Å². The van der Waals surface area contributed by atoms with Gasteiger partial charge in [0.2, 0.25) is 0 Å². The first kappa shape index (κ1) is 14.5. The molecule has 1 aromatic heterocycles. The first-order valence-corrected chi connectivity index (χ1v) is 5.03. The molecule has 1 aromatic rings. The summed E-state index contributed by atoms with van der Waals surface area (Å²) in [6.45, 7) is 5.29. The predicted octanol–water partition coefficient (Wildman–Crippen LogP) is 1.15. The van der Waals surface area contributed by atoms with Crippen LogP contribution in [-0.4, -0.2) is 35.3 Å². The van der Waals surface area contributed by atoms with E-state index in [1.165, 1.54) is 18.5 Å². The Hall–Kier alpha value is -1.46. The highest BCUT2D eigenvalue weighted by Gasteiger charge is 1.97. The van der Waals surface area contributed by atoms with Crippen LogP contribution in [0.25, 0.3) is 0 Å². The van der Waals surface area contributed by atoms with Crippen LogP contribution in [0.1, 0.15) is 24.2 Å². The lowest BCUT2D eigenvalue weighted by molar-refractivity contribution is 0.0696. The molecule has 16 heavy (non-hydrogen) atoms.